The van der Waals surface area contributed by atoms with Crippen molar-refractivity contribution in [2.75, 3.05) is 7.11 Å². The van der Waals surface area contributed by atoms with Crippen LogP contribution in [0.1, 0.15) is 38.2 Å². The summed E-state index contributed by atoms with van der Waals surface area (Å²) in [7, 11) is 1.58. The van der Waals surface area contributed by atoms with Crippen LogP contribution in [-0.2, 0) is 11.2 Å². The highest BCUT2D eigenvalue weighted by atomic mass is 16.5. The molecule has 0 radical (unpaired) electrons. The fraction of sp³-hybridized carbons (Fsp3) is 0.588. The molecule has 0 N–H and O–H groups in total. The lowest BCUT2D eigenvalue weighted by molar-refractivity contribution is -0.126. The Morgan fingerprint density at radius 2 is 2.24 bits per heavy atom. The molecular formula is C17H22N2O2. The molecule has 0 saturated heterocycles. The van der Waals surface area contributed by atoms with Crippen molar-refractivity contribution >= 4 is 5.78 Å². The second kappa shape index (κ2) is 7.21. The van der Waals surface area contributed by atoms with Gasteiger partial charge in [0.15, 0.2) is 5.78 Å². The zero-order valence-electron chi connectivity index (χ0n) is 12.7. The molecule has 1 fully saturated rings. The minimum atomic E-state index is -0.507. The van der Waals surface area contributed by atoms with Gasteiger partial charge >= 0.3 is 0 Å². The van der Waals surface area contributed by atoms with E-state index in [4.69, 9.17) is 4.74 Å². The Hall–Kier alpha value is -1.89. The molecular weight excluding hydrogens is 264 g/mol. The number of nitriles is 1. The molecule has 112 valence electrons. The first-order valence-electron chi connectivity index (χ1n) is 7.58. The molecule has 1 aromatic rings. The van der Waals surface area contributed by atoms with E-state index in [-0.39, 0.29) is 17.6 Å². The van der Waals surface area contributed by atoms with E-state index in [0.29, 0.717) is 12.3 Å². The third kappa shape index (κ3) is 3.81. The van der Waals surface area contributed by atoms with Gasteiger partial charge in [-0.1, -0.05) is 19.8 Å². The number of ketones is 1. The topological polar surface area (TPSA) is 63.0 Å². The van der Waals surface area contributed by atoms with E-state index in [1.807, 2.05) is 19.1 Å². The third-order valence-electron chi connectivity index (χ3n) is 4.34. The van der Waals surface area contributed by atoms with Crippen LogP contribution < -0.4 is 4.74 Å². The first-order chi connectivity index (χ1) is 10.2. The molecule has 2 unspecified atom stereocenters. The van der Waals surface area contributed by atoms with Crippen molar-refractivity contribution < 1.29 is 9.53 Å². The maximum Gasteiger partial charge on any atom is 0.213 e. The number of carbonyl (C=O) groups excluding carboxylic acids is 1. The molecule has 4 nitrogen and oxygen atoms in total. The fourth-order valence-electron chi connectivity index (χ4n) is 3.11. The zero-order chi connectivity index (χ0) is 15.2. The number of nitrogens with zero attached hydrogens (tertiary/aromatic N) is 2. The quantitative estimate of drug-likeness (QED) is 0.805. The van der Waals surface area contributed by atoms with Gasteiger partial charge in [0.2, 0.25) is 5.88 Å². The summed E-state index contributed by atoms with van der Waals surface area (Å²) in [5.74, 6) is 0.311. The van der Waals surface area contributed by atoms with E-state index in [0.717, 1.165) is 31.2 Å². The fourth-order valence-corrected chi connectivity index (χ4v) is 3.11. The number of carbonyl (C=O) groups is 1. The van der Waals surface area contributed by atoms with Crippen molar-refractivity contribution in [3.63, 3.8) is 0 Å². The van der Waals surface area contributed by atoms with E-state index >= 15 is 0 Å². The number of hydrogen-bond donors (Lipinski definition) is 0. The van der Waals surface area contributed by atoms with Crippen LogP contribution in [0.25, 0.3) is 0 Å². The molecule has 21 heavy (non-hydrogen) atoms. The number of methoxy groups -OCH3 is 1. The summed E-state index contributed by atoms with van der Waals surface area (Å²) >= 11 is 0. The normalized spacial score (nSPS) is 18.0. The van der Waals surface area contributed by atoms with E-state index in [2.05, 4.69) is 11.1 Å². The van der Waals surface area contributed by atoms with Gasteiger partial charge < -0.3 is 4.74 Å². The number of rotatable bonds is 6. The third-order valence-corrected chi connectivity index (χ3v) is 4.34. The lowest BCUT2D eigenvalue weighted by atomic mass is 9.81. The van der Waals surface area contributed by atoms with Crippen molar-refractivity contribution in [1.82, 2.24) is 4.98 Å². The van der Waals surface area contributed by atoms with Gasteiger partial charge in [-0.15, -0.1) is 0 Å². The minimum absolute atomic E-state index is 0.00945. The van der Waals surface area contributed by atoms with Gasteiger partial charge in [0.1, 0.15) is 5.92 Å². The summed E-state index contributed by atoms with van der Waals surface area (Å²) in [5, 5.41) is 9.40. The molecule has 2 atom stereocenters. The van der Waals surface area contributed by atoms with Gasteiger partial charge in [0.05, 0.1) is 13.2 Å². The van der Waals surface area contributed by atoms with Gasteiger partial charge in [0.25, 0.3) is 0 Å². The van der Waals surface area contributed by atoms with Crippen molar-refractivity contribution in [3.8, 4) is 11.9 Å². The van der Waals surface area contributed by atoms with E-state index in [9.17, 15) is 10.1 Å². The predicted octanol–water partition coefficient (Wildman–Crippen LogP) is 3.17. The van der Waals surface area contributed by atoms with Crippen LogP contribution in [0.4, 0.5) is 0 Å². The van der Waals surface area contributed by atoms with E-state index < -0.39 is 5.92 Å². The van der Waals surface area contributed by atoms with Crippen molar-refractivity contribution in [1.29, 1.82) is 5.26 Å². The number of pyridine rings is 1. The van der Waals surface area contributed by atoms with E-state index in [1.54, 1.807) is 13.3 Å². The molecule has 0 bridgehead atoms. The summed E-state index contributed by atoms with van der Waals surface area (Å²) in [6, 6.07) is 6.01. The largest absolute Gasteiger partial charge is 0.481 e. The Balaban J connectivity index is 2.04. The van der Waals surface area contributed by atoms with Crippen LogP contribution in [0.3, 0.4) is 0 Å². The first kappa shape index (κ1) is 15.5. The summed E-state index contributed by atoms with van der Waals surface area (Å²) in [5.41, 5.74) is 1.05. The first-order valence-corrected chi connectivity index (χ1v) is 7.58. The molecule has 0 aliphatic heterocycles. The summed E-state index contributed by atoms with van der Waals surface area (Å²) in [6.45, 7) is 1.98. The molecule has 0 amide bonds. The standard InChI is InChI=1S/C17H22N2O2/c1-12(9-13-7-8-19-16(10-13)21-2)15(11-18)17(20)14-5-3-4-6-14/h7-8,10,12,14-15H,3-6,9H2,1-2H3. The molecule has 1 aliphatic carbocycles. The number of ether oxygens (including phenoxy) is 1. The number of Topliss-reactive ketones (excluding diaryl/α,β-unsaturated/α-hetero) is 1. The van der Waals surface area contributed by atoms with Crippen LogP contribution in [-0.4, -0.2) is 17.9 Å². The molecule has 2 rings (SSSR count). The summed E-state index contributed by atoms with van der Waals surface area (Å²) in [4.78, 5) is 16.5. The average molecular weight is 286 g/mol. The van der Waals surface area contributed by atoms with Gasteiger partial charge in [-0.25, -0.2) is 4.98 Å². The average Bonchev–Trinajstić information content (AvgIpc) is 3.02. The highest BCUT2D eigenvalue weighted by Gasteiger charge is 2.32. The maximum atomic E-state index is 12.5. The Morgan fingerprint density at radius 1 is 1.52 bits per heavy atom. The van der Waals surface area contributed by atoms with Crippen LogP contribution in [0.15, 0.2) is 18.3 Å². The zero-order valence-corrected chi connectivity index (χ0v) is 12.7. The van der Waals surface area contributed by atoms with Gasteiger partial charge in [-0.05, 0) is 36.8 Å². The Morgan fingerprint density at radius 3 is 2.86 bits per heavy atom. The highest BCUT2D eigenvalue weighted by Crippen LogP contribution is 2.31. The molecule has 1 heterocycles. The second-order valence-electron chi connectivity index (χ2n) is 5.88. The molecule has 0 aromatic carbocycles. The Kier molecular flexibility index (Phi) is 5.32. The maximum absolute atomic E-state index is 12.5. The lowest BCUT2D eigenvalue weighted by Crippen LogP contribution is -2.27. The van der Waals surface area contributed by atoms with Gasteiger partial charge in [-0.3, -0.25) is 4.79 Å². The Labute approximate surface area is 126 Å². The SMILES string of the molecule is COc1cc(CC(C)C(C#N)C(=O)C2CCCC2)ccn1. The van der Waals surface area contributed by atoms with Crippen LogP contribution in [0.5, 0.6) is 5.88 Å². The molecule has 1 saturated carbocycles. The van der Waals surface area contributed by atoms with E-state index in [1.165, 1.54) is 0 Å². The predicted molar refractivity (Wildman–Crippen MR) is 79.7 cm³/mol. The smallest absolute Gasteiger partial charge is 0.213 e. The Bertz CT molecular complexity index is 530. The molecule has 4 heteroatoms. The number of aromatic nitrogens is 1. The van der Waals surface area contributed by atoms with Crippen LogP contribution in [0.2, 0.25) is 0 Å². The highest BCUT2D eigenvalue weighted by molar-refractivity contribution is 5.86. The van der Waals surface area contributed by atoms with Gasteiger partial charge in [0, 0.05) is 18.2 Å². The monoisotopic (exact) mass is 286 g/mol. The molecule has 1 aliphatic rings. The van der Waals surface area contributed by atoms with Crippen molar-refractivity contribution in [3.05, 3.63) is 23.9 Å². The molecule has 1 aromatic heterocycles. The van der Waals surface area contributed by atoms with Crippen LogP contribution in [0, 0.1) is 29.1 Å². The minimum Gasteiger partial charge on any atom is -0.481 e. The van der Waals surface area contributed by atoms with Crippen LogP contribution >= 0.6 is 0 Å². The summed E-state index contributed by atoms with van der Waals surface area (Å²) < 4.78 is 5.11. The van der Waals surface area contributed by atoms with Crippen molar-refractivity contribution in [2.45, 2.75) is 39.0 Å². The van der Waals surface area contributed by atoms with Gasteiger partial charge in [-0.2, -0.15) is 5.26 Å². The lowest BCUT2D eigenvalue weighted by Gasteiger charge is -2.19. The summed E-state index contributed by atoms with van der Waals surface area (Å²) in [6.07, 6.45) is 6.52. The number of hydrogen-bond acceptors (Lipinski definition) is 4. The molecule has 0 spiro atoms. The van der Waals surface area contributed by atoms with Crippen molar-refractivity contribution in [2.24, 2.45) is 17.8 Å². The second-order valence-corrected chi connectivity index (χ2v) is 5.88.